The number of piperidine rings is 1. The van der Waals surface area contributed by atoms with Crippen LogP contribution in [0.4, 0.5) is 0 Å². The predicted octanol–water partition coefficient (Wildman–Crippen LogP) is 3.99. The number of carbonyl (C=O) groups excluding carboxylic acids is 1. The number of ether oxygens (including phenoxy) is 1. The molecule has 1 aliphatic heterocycles. The van der Waals surface area contributed by atoms with Crippen molar-refractivity contribution < 1.29 is 9.53 Å². The standard InChI is InChI=1S/C21H27N3O2.2ClH/c1-14-9-18(21(25)24-19-6-8-23-16(3)11-19)10-15(2)20(14)26-13-17-5-4-7-22-12-17;;/h4-5,7,9-10,12,16,19,23H,6,8,11,13H2,1-3H3,(H,24,25);2*1H. The van der Waals surface area contributed by atoms with Crippen LogP contribution in [0.2, 0.25) is 0 Å². The van der Waals surface area contributed by atoms with Gasteiger partial charge < -0.3 is 15.4 Å². The third-order valence-electron chi connectivity index (χ3n) is 4.79. The lowest BCUT2D eigenvalue weighted by atomic mass is 9.99. The third-order valence-corrected chi connectivity index (χ3v) is 4.79. The number of hydrogen-bond donors (Lipinski definition) is 2. The van der Waals surface area contributed by atoms with Crippen LogP contribution in [0.5, 0.6) is 5.75 Å². The number of aryl methyl sites for hydroxylation is 2. The number of hydrogen-bond acceptors (Lipinski definition) is 4. The highest BCUT2D eigenvalue weighted by molar-refractivity contribution is 5.95. The molecule has 0 radical (unpaired) electrons. The molecule has 7 heteroatoms. The summed E-state index contributed by atoms with van der Waals surface area (Å²) < 4.78 is 5.97. The Morgan fingerprint density at radius 3 is 2.61 bits per heavy atom. The van der Waals surface area contributed by atoms with Crippen LogP contribution in [0.25, 0.3) is 0 Å². The molecule has 0 bridgehead atoms. The van der Waals surface area contributed by atoms with E-state index in [1.54, 1.807) is 12.4 Å². The van der Waals surface area contributed by atoms with Gasteiger partial charge in [0.2, 0.25) is 0 Å². The second-order valence-electron chi connectivity index (χ2n) is 7.14. The Bertz CT molecular complexity index is 748. The van der Waals surface area contributed by atoms with Crippen LogP contribution in [-0.4, -0.2) is 29.5 Å². The van der Waals surface area contributed by atoms with Crippen molar-refractivity contribution >= 4 is 30.7 Å². The normalized spacial score (nSPS) is 18.4. The minimum absolute atomic E-state index is 0. The summed E-state index contributed by atoms with van der Waals surface area (Å²) in [4.78, 5) is 16.7. The smallest absolute Gasteiger partial charge is 0.251 e. The molecule has 0 aliphatic carbocycles. The molecular weight excluding hydrogens is 397 g/mol. The molecule has 1 aromatic heterocycles. The molecule has 0 spiro atoms. The first-order chi connectivity index (χ1) is 12.5. The lowest BCUT2D eigenvalue weighted by molar-refractivity contribution is 0.0925. The number of halogens is 2. The zero-order chi connectivity index (χ0) is 18.5. The molecular formula is C21H29Cl2N3O2. The van der Waals surface area contributed by atoms with Gasteiger partial charge in [-0.05, 0) is 69.5 Å². The fraction of sp³-hybridized carbons (Fsp3) is 0.429. The number of nitrogens with one attached hydrogen (secondary N) is 2. The van der Waals surface area contributed by atoms with E-state index in [0.717, 1.165) is 41.8 Å². The molecule has 28 heavy (non-hydrogen) atoms. The van der Waals surface area contributed by atoms with E-state index >= 15 is 0 Å². The Hall–Kier alpha value is -1.82. The molecule has 1 aromatic carbocycles. The summed E-state index contributed by atoms with van der Waals surface area (Å²) in [5, 5.41) is 6.58. The highest BCUT2D eigenvalue weighted by Crippen LogP contribution is 2.26. The number of nitrogens with zero attached hydrogens (tertiary/aromatic N) is 1. The van der Waals surface area contributed by atoms with Crippen molar-refractivity contribution in [1.29, 1.82) is 0 Å². The van der Waals surface area contributed by atoms with Gasteiger partial charge in [-0.25, -0.2) is 0 Å². The topological polar surface area (TPSA) is 63.2 Å². The van der Waals surface area contributed by atoms with Crippen molar-refractivity contribution in [1.82, 2.24) is 15.6 Å². The van der Waals surface area contributed by atoms with Gasteiger partial charge in [0.25, 0.3) is 5.91 Å². The van der Waals surface area contributed by atoms with Crippen molar-refractivity contribution in [2.24, 2.45) is 0 Å². The monoisotopic (exact) mass is 425 g/mol. The molecule has 154 valence electrons. The van der Waals surface area contributed by atoms with Crippen molar-refractivity contribution in [2.45, 2.75) is 52.3 Å². The minimum atomic E-state index is -0.00545. The molecule has 2 atom stereocenters. The summed E-state index contributed by atoms with van der Waals surface area (Å²) in [5.41, 5.74) is 3.66. The molecule has 5 nitrogen and oxygen atoms in total. The van der Waals surface area contributed by atoms with Crippen LogP contribution in [-0.2, 0) is 6.61 Å². The number of aromatic nitrogens is 1. The van der Waals surface area contributed by atoms with Gasteiger partial charge in [0, 0.05) is 35.6 Å². The van der Waals surface area contributed by atoms with Gasteiger partial charge in [0.05, 0.1) is 0 Å². The first-order valence-corrected chi connectivity index (χ1v) is 9.20. The van der Waals surface area contributed by atoms with Crippen molar-refractivity contribution in [3.63, 3.8) is 0 Å². The second kappa shape index (κ2) is 11.2. The van der Waals surface area contributed by atoms with Crippen molar-refractivity contribution in [3.05, 3.63) is 58.9 Å². The first-order valence-electron chi connectivity index (χ1n) is 9.20. The van der Waals surface area contributed by atoms with E-state index in [0.29, 0.717) is 18.2 Å². The molecule has 2 N–H and O–H groups in total. The number of benzene rings is 1. The summed E-state index contributed by atoms with van der Waals surface area (Å²) in [7, 11) is 0. The largest absolute Gasteiger partial charge is 0.488 e. The highest BCUT2D eigenvalue weighted by Gasteiger charge is 2.21. The quantitative estimate of drug-likeness (QED) is 0.759. The van der Waals surface area contributed by atoms with Gasteiger partial charge in [-0.1, -0.05) is 6.07 Å². The summed E-state index contributed by atoms with van der Waals surface area (Å²) in [6.45, 7) is 7.53. The van der Waals surface area contributed by atoms with Crippen LogP contribution in [0.15, 0.2) is 36.7 Å². The number of pyridine rings is 1. The SMILES string of the molecule is Cc1cc(C(=O)NC2CCNC(C)C2)cc(C)c1OCc1cccnc1.Cl.Cl. The van der Waals surface area contributed by atoms with Gasteiger partial charge >= 0.3 is 0 Å². The Labute approximate surface area is 179 Å². The average Bonchev–Trinajstić information content (AvgIpc) is 2.61. The van der Waals surface area contributed by atoms with E-state index in [4.69, 9.17) is 4.74 Å². The lowest BCUT2D eigenvalue weighted by Crippen LogP contribution is -2.46. The number of amides is 1. The number of rotatable bonds is 5. The summed E-state index contributed by atoms with van der Waals surface area (Å²) in [5.74, 6) is 0.829. The molecule has 0 saturated carbocycles. The van der Waals surface area contributed by atoms with E-state index < -0.39 is 0 Å². The molecule has 1 amide bonds. The van der Waals surface area contributed by atoms with E-state index in [1.807, 2.05) is 38.1 Å². The fourth-order valence-electron chi connectivity index (χ4n) is 3.48. The van der Waals surface area contributed by atoms with E-state index in [9.17, 15) is 4.79 Å². The predicted molar refractivity (Wildman–Crippen MR) is 117 cm³/mol. The maximum atomic E-state index is 12.6. The molecule has 2 heterocycles. The van der Waals surface area contributed by atoms with E-state index in [1.165, 1.54) is 0 Å². The van der Waals surface area contributed by atoms with Crippen LogP contribution >= 0.6 is 24.8 Å². The highest BCUT2D eigenvalue weighted by atomic mass is 35.5. The van der Waals surface area contributed by atoms with Gasteiger partial charge in [-0.3, -0.25) is 9.78 Å². The van der Waals surface area contributed by atoms with Gasteiger partial charge in [-0.2, -0.15) is 0 Å². The summed E-state index contributed by atoms with van der Waals surface area (Å²) in [6.07, 6.45) is 5.49. The average molecular weight is 426 g/mol. The van der Waals surface area contributed by atoms with Crippen LogP contribution < -0.4 is 15.4 Å². The molecule has 2 aromatic rings. The Balaban J connectivity index is 0.00000196. The minimum Gasteiger partial charge on any atom is -0.488 e. The Kier molecular flexibility index (Phi) is 9.73. The lowest BCUT2D eigenvalue weighted by Gasteiger charge is -2.28. The summed E-state index contributed by atoms with van der Waals surface area (Å²) >= 11 is 0. The molecule has 1 fully saturated rings. The zero-order valence-electron chi connectivity index (χ0n) is 16.5. The molecule has 1 saturated heterocycles. The van der Waals surface area contributed by atoms with Crippen LogP contribution in [0.3, 0.4) is 0 Å². The first kappa shape index (κ1) is 24.2. The maximum absolute atomic E-state index is 12.6. The molecule has 1 aliphatic rings. The maximum Gasteiger partial charge on any atom is 0.251 e. The van der Waals surface area contributed by atoms with E-state index in [-0.39, 0.29) is 36.8 Å². The van der Waals surface area contributed by atoms with Gasteiger partial charge in [0.1, 0.15) is 12.4 Å². The molecule has 2 unspecified atom stereocenters. The van der Waals surface area contributed by atoms with Crippen LogP contribution in [0, 0.1) is 13.8 Å². The Morgan fingerprint density at radius 2 is 2.00 bits per heavy atom. The zero-order valence-corrected chi connectivity index (χ0v) is 18.2. The van der Waals surface area contributed by atoms with Crippen molar-refractivity contribution in [2.75, 3.05) is 6.54 Å². The second-order valence-corrected chi connectivity index (χ2v) is 7.14. The molecule has 3 rings (SSSR count). The van der Waals surface area contributed by atoms with Gasteiger partial charge in [0.15, 0.2) is 0 Å². The number of carbonyl (C=O) groups is 1. The fourth-order valence-corrected chi connectivity index (χ4v) is 3.48. The van der Waals surface area contributed by atoms with E-state index in [2.05, 4.69) is 22.5 Å². The summed E-state index contributed by atoms with van der Waals surface area (Å²) in [6, 6.07) is 8.38. The Morgan fingerprint density at radius 1 is 1.29 bits per heavy atom. The van der Waals surface area contributed by atoms with Gasteiger partial charge in [-0.15, -0.1) is 24.8 Å². The van der Waals surface area contributed by atoms with Crippen molar-refractivity contribution in [3.8, 4) is 5.75 Å². The van der Waals surface area contributed by atoms with Crippen LogP contribution in [0.1, 0.15) is 46.8 Å². The third kappa shape index (κ3) is 6.36.